The lowest BCUT2D eigenvalue weighted by Gasteiger charge is -2.74. The van der Waals surface area contributed by atoms with Gasteiger partial charge in [-0.1, -0.05) is 113 Å². The molecule has 13 heteroatoms. The predicted octanol–water partition coefficient (Wildman–Crippen LogP) is 11.1. The third-order valence-electron chi connectivity index (χ3n) is 32.8. The Labute approximate surface area is 549 Å². The summed E-state index contributed by atoms with van der Waals surface area (Å²) < 4.78 is 38.6. The molecule has 0 amide bonds. The standard InChI is InChI=1S/C80H100N2O11/c1-44(47-14-8-5-9-15-47)28-54-32-55-33-56-37-74(25-10-11-26-74)41-75(56)36-52-35-72(2)78-53(22-19-51-40-89-62(63(51)78)34-58(61(84)39-83)49-20-23-57-50(31-49)24-27-82-43-81-38-60(57)82)21-18-48-17-16-46(29-45-12-6-4-7-13-45)30-59(48)77(80(72)69(91-80)71(88)92-78)65(52)76-42-90-70(87)67(75)79(55,76)93-73(54,3)66(76)64(85)68(77)86/h4,6-7,12-13,24,27,32,40,44,46-50,52-54,56-61,65-69,81,83-84,86H,5,8-11,14-17,19-20,22-23,25-26,28-31,33-39,41-43H2,1-3H3. The summed E-state index contributed by atoms with van der Waals surface area (Å²) >= 11 is 0. The molecule has 13 nitrogen and oxygen atoms in total. The van der Waals surface area contributed by atoms with E-state index in [0.29, 0.717) is 67.6 Å². The number of ether oxygens (including phenoxy) is 4. The lowest BCUT2D eigenvalue weighted by molar-refractivity contribution is -0.320. The summed E-state index contributed by atoms with van der Waals surface area (Å²) in [6.45, 7) is 8.56. The number of allylic oxidation sites excluding steroid dienone is 1. The van der Waals surface area contributed by atoms with Crippen LogP contribution in [-0.4, -0.2) is 106 Å². The number of aliphatic hydroxyl groups excluding tert-OH is 3. The van der Waals surface area contributed by atoms with Crippen molar-refractivity contribution in [1.82, 2.24) is 10.2 Å². The summed E-state index contributed by atoms with van der Waals surface area (Å²) in [6.07, 6.45) is 29.1. The molecule has 4 N–H and O–H groups in total. The van der Waals surface area contributed by atoms with Crippen LogP contribution in [0, 0.1) is 134 Å². The van der Waals surface area contributed by atoms with E-state index in [0.717, 1.165) is 108 Å². The van der Waals surface area contributed by atoms with Gasteiger partial charge in [-0.2, -0.15) is 0 Å². The number of carbonyl (C=O) groups is 3. The van der Waals surface area contributed by atoms with Crippen LogP contribution in [0.1, 0.15) is 184 Å². The van der Waals surface area contributed by atoms with Crippen LogP contribution in [-0.2, 0) is 58.2 Å². The number of rotatable bonds is 10. The Morgan fingerprint density at radius 3 is 2.55 bits per heavy atom. The maximum Gasteiger partial charge on any atom is 0.339 e. The number of fused-ring (bicyclic) bond motifs is 7. The highest BCUT2D eigenvalue weighted by Gasteiger charge is 3.00. The number of cyclic esters (lactones) is 1. The number of benzene rings is 1. The second-order valence-corrected chi connectivity index (χ2v) is 35.8. The van der Waals surface area contributed by atoms with Crippen LogP contribution in [0.2, 0.25) is 0 Å². The van der Waals surface area contributed by atoms with Gasteiger partial charge in [0.15, 0.2) is 17.5 Å². The molecule has 496 valence electrons. The molecule has 93 heavy (non-hydrogen) atoms. The van der Waals surface area contributed by atoms with Gasteiger partial charge in [-0.25, -0.2) is 4.79 Å². The van der Waals surface area contributed by atoms with Gasteiger partial charge in [0.05, 0.1) is 54.4 Å². The Hall–Kier alpha value is -4.29. The average Bonchev–Trinajstić information content (AvgIpc) is 1.43. The second-order valence-electron chi connectivity index (χ2n) is 35.8. The molecule has 1 aromatic carbocycles. The fraction of sp³-hybridized carbons (Fsp3) is 0.762. The second kappa shape index (κ2) is 19.8. The summed E-state index contributed by atoms with van der Waals surface area (Å²) in [4.78, 5) is 53.2. The third-order valence-corrected chi connectivity index (χ3v) is 32.8. The fourth-order valence-electron chi connectivity index (χ4n) is 30.0. The minimum absolute atomic E-state index is 0.0310. The lowest BCUT2D eigenvalue weighted by atomic mass is 9.28. The molecular weight excluding hydrogens is 1160 g/mol. The summed E-state index contributed by atoms with van der Waals surface area (Å²) in [6, 6.07) is 11.3. The molecule has 8 heterocycles. The number of epoxide rings is 1. The minimum Gasteiger partial charge on any atom is -0.469 e. The Bertz CT molecular complexity index is 3610. The van der Waals surface area contributed by atoms with Crippen LogP contribution < -0.4 is 5.32 Å². The number of nitrogens with one attached hydrogen (secondary N) is 1. The maximum atomic E-state index is 17.9. The monoisotopic (exact) mass is 1260 g/mol. The zero-order valence-electron chi connectivity index (χ0n) is 55.3. The van der Waals surface area contributed by atoms with Gasteiger partial charge in [0.1, 0.15) is 29.7 Å². The summed E-state index contributed by atoms with van der Waals surface area (Å²) in [5.41, 5.74) is -4.90. The number of Topliss-reactive ketones (excluding diaryl/α,β-unsaturated/α-hetero) is 1. The van der Waals surface area contributed by atoms with Crippen molar-refractivity contribution < 1.29 is 53.1 Å². The summed E-state index contributed by atoms with van der Waals surface area (Å²) in [5, 5.41) is 42.3. The molecule has 9 bridgehead atoms. The predicted molar refractivity (Wildman–Crippen MR) is 343 cm³/mol. The number of hydrogen-bond donors (Lipinski definition) is 4. The molecule has 7 spiro atoms. The lowest BCUT2D eigenvalue weighted by Crippen LogP contribution is -2.84. The van der Waals surface area contributed by atoms with Crippen LogP contribution in [0.3, 0.4) is 0 Å². The van der Waals surface area contributed by atoms with E-state index < -0.39 is 97.9 Å². The number of aliphatic hydroxyl groups is 3. The molecule has 7 aliphatic heterocycles. The van der Waals surface area contributed by atoms with E-state index in [1.807, 2.05) is 6.26 Å². The zero-order chi connectivity index (χ0) is 62.8. The van der Waals surface area contributed by atoms with Crippen molar-refractivity contribution in [2.45, 2.75) is 228 Å². The van der Waals surface area contributed by atoms with Crippen molar-refractivity contribution in [2.24, 2.45) is 122 Å². The molecule has 27 atom stereocenters. The van der Waals surface area contributed by atoms with E-state index in [1.165, 1.54) is 56.1 Å². The van der Waals surface area contributed by atoms with Gasteiger partial charge < -0.3 is 43.6 Å². The van der Waals surface area contributed by atoms with Gasteiger partial charge >= 0.3 is 11.9 Å². The number of esters is 2. The Balaban J connectivity index is 0.818. The maximum absolute atomic E-state index is 17.9. The SMILES string of the molecule is CC(CC1C=C2CC3CC4(CCCC4)CC34CC3CC5(C)C67OC(=O)C8OC85C5(C(O)C(=O)C8C1(C)OC21C4C(=O)OCC81C35)C1CC(Cc2ccccc2)CCC1C#CC6CCc1coc(CC(C(O)CO)C2CCC3C(C=CN4CNCC34)C2)c17)C1CCCCC1. The van der Waals surface area contributed by atoms with Crippen molar-refractivity contribution >= 4 is 17.7 Å². The van der Waals surface area contributed by atoms with Crippen LogP contribution in [0.5, 0.6) is 0 Å². The number of hydrogen-bond acceptors (Lipinski definition) is 13. The Morgan fingerprint density at radius 2 is 1.72 bits per heavy atom. The minimum atomic E-state index is -1.57. The Kier molecular flexibility index (Phi) is 12.5. The first kappa shape index (κ1) is 58.8. The molecule has 2 aromatic rings. The van der Waals surface area contributed by atoms with E-state index >= 15 is 19.5 Å². The largest absolute Gasteiger partial charge is 0.469 e. The first-order chi connectivity index (χ1) is 45.0. The highest BCUT2D eigenvalue weighted by Crippen LogP contribution is 2.92. The molecule has 5 saturated heterocycles. The normalized spacial score (nSPS) is 50.8. The smallest absolute Gasteiger partial charge is 0.339 e. The van der Waals surface area contributed by atoms with Crippen LogP contribution in [0.25, 0.3) is 0 Å². The molecule has 20 rings (SSSR count). The van der Waals surface area contributed by atoms with E-state index in [1.54, 1.807) is 0 Å². The first-order valence-corrected chi connectivity index (χ1v) is 37.8. The molecular formula is C80H100N2O11. The van der Waals surface area contributed by atoms with Gasteiger partial charge in [-0.3, -0.25) is 14.9 Å². The molecule has 18 aliphatic rings. The quantitative estimate of drug-likeness (QED) is 0.0765. The summed E-state index contributed by atoms with van der Waals surface area (Å²) in [7, 11) is 0. The van der Waals surface area contributed by atoms with Crippen molar-refractivity contribution in [3.63, 3.8) is 0 Å². The molecule has 0 radical (unpaired) electrons. The average molecular weight is 1270 g/mol. The van der Waals surface area contributed by atoms with Gasteiger partial charge in [0.2, 0.25) is 0 Å². The van der Waals surface area contributed by atoms with Crippen molar-refractivity contribution in [3.8, 4) is 11.8 Å². The first-order valence-electron chi connectivity index (χ1n) is 37.8. The highest BCUT2D eigenvalue weighted by molar-refractivity contribution is 5.94. The van der Waals surface area contributed by atoms with Crippen molar-refractivity contribution in [1.29, 1.82) is 0 Å². The summed E-state index contributed by atoms with van der Waals surface area (Å²) in [5.74, 6) is 6.66. The van der Waals surface area contributed by atoms with Gasteiger partial charge in [-0.05, 0) is 215 Å². The number of furan rings is 1. The van der Waals surface area contributed by atoms with Crippen molar-refractivity contribution in [3.05, 3.63) is 83.0 Å². The van der Waals surface area contributed by atoms with Crippen molar-refractivity contribution in [2.75, 3.05) is 26.4 Å². The third kappa shape index (κ3) is 6.99. The molecule has 11 aliphatic carbocycles. The molecule has 27 unspecified atom stereocenters. The number of ketones is 1. The van der Waals surface area contributed by atoms with Gasteiger partial charge in [0.25, 0.3) is 0 Å². The Morgan fingerprint density at radius 1 is 0.882 bits per heavy atom. The van der Waals surface area contributed by atoms with E-state index in [2.05, 4.69) is 91.5 Å². The van der Waals surface area contributed by atoms with E-state index in [4.69, 9.17) is 23.4 Å². The number of carbonyl (C=O) groups excluding carboxylic acids is 3. The highest BCUT2D eigenvalue weighted by atomic mass is 16.7. The van der Waals surface area contributed by atoms with Crippen LogP contribution in [0.15, 0.2) is 64.9 Å². The van der Waals surface area contributed by atoms with E-state index in [-0.39, 0.29) is 71.8 Å². The molecule has 14 fully saturated rings. The van der Waals surface area contributed by atoms with Gasteiger partial charge in [-0.15, -0.1) is 0 Å². The topological polar surface area (TPSA) is 181 Å². The molecule has 9 saturated carbocycles. The van der Waals surface area contributed by atoms with Crippen LogP contribution >= 0.6 is 0 Å². The van der Waals surface area contributed by atoms with Gasteiger partial charge in [0, 0.05) is 47.2 Å². The number of nitrogens with zero attached hydrogens (tertiary/aromatic N) is 1. The fourth-order valence-corrected chi connectivity index (χ4v) is 30.0. The molecule has 1 aromatic heterocycles. The zero-order valence-corrected chi connectivity index (χ0v) is 55.3. The van der Waals surface area contributed by atoms with Crippen LogP contribution in [0.4, 0.5) is 0 Å². The van der Waals surface area contributed by atoms with E-state index in [9.17, 15) is 10.2 Å². The number of aryl methyl sites for hydroxylation is 1.